The minimum Gasteiger partial charge on any atom is -0.506 e. The molecule has 0 radical (unpaired) electrons. The Balaban J connectivity index is 1.86. The Morgan fingerprint density at radius 2 is 1.47 bits per heavy atom. The van der Waals surface area contributed by atoms with Crippen molar-refractivity contribution in [1.82, 2.24) is 0 Å². The number of allylic oxidation sites excluding steroid dienone is 6. The highest BCUT2D eigenvalue weighted by Crippen LogP contribution is 2.40. The van der Waals surface area contributed by atoms with Gasteiger partial charge in [0.15, 0.2) is 28.9 Å². The van der Waals surface area contributed by atoms with E-state index >= 15 is 0 Å². The first-order chi connectivity index (χ1) is 15.9. The van der Waals surface area contributed by atoms with E-state index in [1.54, 1.807) is 6.92 Å². The lowest BCUT2D eigenvalue weighted by Gasteiger charge is -2.31. The maximum atomic E-state index is 13.4. The third kappa shape index (κ3) is 3.18. The van der Waals surface area contributed by atoms with Crippen LogP contribution in [0.2, 0.25) is 0 Å². The highest BCUT2D eigenvalue weighted by atomic mass is 16.3. The molecule has 1 aromatic rings. The van der Waals surface area contributed by atoms with E-state index in [0.717, 1.165) is 12.2 Å². The molecular formula is C26H20O8. The van der Waals surface area contributed by atoms with Crippen LogP contribution in [0.5, 0.6) is 5.75 Å². The number of Topliss-reactive ketones (excluding diaryl/α,β-unsaturated/α-hetero) is 4. The topological polar surface area (TPSA) is 143 Å². The zero-order valence-corrected chi connectivity index (χ0v) is 18.8. The number of hydrogen-bond acceptors (Lipinski definition) is 8. The summed E-state index contributed by atoms with van der Waals surface area (Å²) in [5.41, 5.74) is -1.22. The zero-order valence-electron chi connectivity index (χ0n) is 18.8. The van der Waals surface area contributed by atoms with Crippen molar-refractivity contribution in [2.45, 2.75) is 33.8 Å². The minimum atomic E-state index is -1.60. The van der Waals surface area contributed by atoms with Crippen molar-refractivity contribution < 1.29 is 39.0 Å². The van der Waals surface area contributed by atoms with Gasteiger partial charge in [-0.2, -0.15) is 0 Å². The molecule has 2 atom stereocenters. The van der Waals surface area contributed by atoms with Gasteiger partial charge < -0.3 is 10.2 Å². The number of aliphatic hydroxyl groups excluding tert-OH is 1. The van der Waals surface area contributed by atoms with Crippen molar-refractivity contribution >= 4 is 34.7 Å². The van der Waals surface area contributed by atoms with E-state index in [9.17, 15) is 39.0 Å². The van der Waals surface area contributed by atoms with E-state index in [1.807, 2.05) is 0 Å². The van der Waals surface area contributed by atoms with E-state index in [-0.39, 0.29) is 22.3 Å². The molecule has 4 rings (SSSR count). The largest absolute Gasteiger partial charge is 0.506 e. The maximum absolute atomic E-state index is 13.4. The molecule has 172 valence electrons. The third-order valence-electron chi connectivity index (χ3n) is 6.39. The lowest BCUT2D eigenvalue weighted by atomic mass is 9.72. The third-order valence-corrected chi connectivity index (χ3v) is 6.39. The number of carbonyl (C=O) groups is 6. The fraction of sp³-hybridized carbons (Fsp3) is 0.231. The van der Waals surface area contributed by atoms with Crippen LogP contribution < -0.4 is 0 Å². The lowest BCUT2D eigenvalue weighted by molar-refractivity contribution is -0.123. The van der Waals surface area contributed by atoms with E-state index < -0.39 is 69.2 Å². The van der Waals surface area contributed by atoms with Crippen molar-refractivity contribution in [1.29, 1.82) is 0 Å². The second-order valence-electron chi connectivity index (χ2n) is 8.65. The summed E-state index contributed by atoms with van der Waals surface area (Å²) in [5, 5.41) is 21.5. The van der Waals surface area contributed by atoms with Gasteiger partial charge in [0.25, 0.3) is 0 Å². The number of aliphatic hydroxyl groups is 1. The van der Waals surface area contributed by atoms with Gasteiger partial charge in [0.05, 0.1) is 23.1 Å². The summed E-state index contributed by atoms with van der Waals surface area (Å²) in [6, 6.07) is 1.32. The predicted molar refractivity (Wildman–Crippen MR) is 119 cm³/mol. The molecule has 0 aromatic heterocycles. The molecule has 0 spiro atoms. The first-order valence-electron chi connectivity index (χ1n) is 10.5. The SMILES string of the molecule is CC(=O)c1c(C)cc2c(c1O)C(=O)C(C1=CC(=O)C3=C(C1=O)C(O)C(C(C)=O)C(C)=C3)=CC2=O. The normalized spacial score (nSPS) is 22.1. The smallest absolute Gasteiger partial charge is 0.198 e. The second-order valence-corrected chi connectivity index (χ2v) is 8.65. The van der Waals surface area contributed by atoms with Crippen LogP contribution in [0.3, 0.4) is 0 Å². The van der Waals surface area contributed by atoms with E-state index in [4.69, 9.17) is 0 Å². The number of hydrogen-bond donors (Lipinski definition) is 2. The fourth-order valence-corrected chi connectivity index (χ4v) is 4.87. The summed E-state index contributed by atoms with van der Waals surface area (Å²) >= 11 is 0. The summed E-state index contributed by atoms with van der Waals surface area (Å²) in [6.45, 7) is 5.53. The van der Waals surface area contributed by atoms with Gasteiger partial charge in [0.1, 0.15) is 11.5 Å². The average molecular weight is 460 g/mol. The number of phenols is 1. The Hall–Kier alpha value is -4.04. The second kappa shape index (κ2) is 7.78. The molecule has 0 saturated heterocycles. The maximum Gasteiger partial charge on any atom is 0.198 e. The molecule has 0 aliphatic heterocycles. The number of benzene rings is 1. The van der Waals surface area contributed by atoms with Crippen LogP contribution in [-0.2, 0) is 14.4 Å². The van der Waals surface area contributed by atoms with Crippen LogP contribution >= 0.6 is 0 Å². The first kappa shape index (κ1) is 23.1. The first-order valence-corrected chi connectivity index (χ1v) is 10.5. The van der Waals surface area contributed by atoms with Crippen LogP contribution in [0.1, 0.15) is 57.4 Å². The monoisotopic (exact) mass is 460 g/mol. The molecule has 1 aromatic carbocycles. The molecule has 2 N–H and O–H groups in total. The van der Waals surface area contributed by atoms with Crippen molar-refractivity contribution in [3.8, 4) is 5.75 Å². The molecule has 8 heteroatoms. The van der Waals surface area contributed by atoms with Gasteiger partial charge >= 0.3 is 0 Å². The molecule has 0 bridgehead atoms. The molecule has 0 heterocycles. The van der Waals surface area contributed by atoms with Crippen LogP contribution in [0.15, 0.2) is 52.2 Å². The van der Waals surface area contributed by atoms with Crippen molar-refractivity contribution in [2.75, 3.05) is 0 Å². The summed E-state index contributed by atoms with van der Waals surface area (Å²) in [7, 11) is 0. The Bertz CT molecular complexity index is 1410. The van der Waals surface area contributed by atoms with Gasteiger partial charge in [-0.15, -0.1) is 0 Å². The quantitative estimate of drug-likeness (QED) is 0.516. The summed E-state index contributed by atoms with van der Waals surface area (Å²) in [4.78, 5) is 76.4. The van der Waals surface area contributed by atoms with E-state index in [2.05, 4.69) is 0 Å². The number of rotatable bonds is 3. The van der Waals surface area contributed by atoms with Gasteiger partial charge in [-0.05, 0) is 51.5 Å². The molecular weight excluding hydrogens is 440 g/mol. The molecule has 3 aliphatic rings. The molecule has 2 unspecified atom stereocenters. The molecule has 0 amide bonds. The number of phenolic OH excluding ortho intramolecular Hbond substituents is 1. The summed E-state index contributed by atoms with van der Waals surface area (Å²) in [5.74, 6) is -5.77. The van der Waals surface area contributed by atoms with Crippen molar-refractivity contribution in [3.63, 3.8) is 0 Å². The molecule has 0 fully saturated rings. The number of aryl methyl sites for hydroxylation is 1. The van der Waals surface area contributed by atoms with Crippen molar-refractivity contribution in [2.24, 2.45) is 5.92 Å². The molecule has 8 nitrogen and oxygen atoms in total. The number of carbonyl (C=O) groups excluding carboxylic acids is 6. The molecule has 0 saturated carbocycles. The van der Waals surface area contributed by atoms with Crippen molar-refractivity contribution in [3.05, 3.63) is 74.4 Å². The van der Waals surface area contributed by atoms with Crippen LogP contribution in [0, 0.1) is 12.8 Å². The highest BCUT2D eigenvalue weighted by molar-refractivity contribution is 6.35. The zero-order chi connectivity index (χ0) is 25.2. The minimum absolute atomic E-state index is 0.0795. The predicted octanol–water partition coefficient (Wildman–Crippen LogP) is 2.11. The summed E-state index contributed by atoms with van der Waals surface area (Å²) < 4.78 is 0. The van der Waals surface area contributed by atoms with Crippen LogP contribution in [-0.4, -0.2) is 51.0 Å². The number of ketones is 6. The lowest BCUT2D eigenvalue weighted by Crippen LogP contribution is -2.39. The van der Waals surface area contributed by atoms with Crippen LogP contribution in [0.4, 0.5) is 0 Å². The number of aromatic hydroxyl groups is 1. The molecule has 34 heavy (non-hydrogen) atoms. The summed E-state index contributed by atoms with van der Waals surface area (Å²) in [6.07, 6.45) is 1.58. The Kier molecular flexibility index (Phi) is 5.29. The van der Waals surface area contributed by atoms with E-state index in [0.29, 0.717) is 11.1 Å². The number of fused-ring (bicyclic) bond motifs is 1. The Labute approximate surface area is 194 Å². The highest BCUT2D eigenvalue weighted by Gasteiger charge is 2.43. The Morgan fingerprint density at radius 3 is 2.06 bits per heavy atom. The van der Waals surface area contributed by atoms with Gasteiger partial charge in [0, 0.05) is 27.9 Å². The molecule has 3 aliphatic carbocycles. The fourth-order valence-electron chi connectivity index (χ4n) is 4.87. The van der Waals surface area contributed by atoms with E-state index in [1.165, 1.54) is 32.9 Å². The Morgan fingerprint density at radius 1 is 0.882 bits per heavy atom. The van der Waals surface area contributed by atoms with Gasteiger partial charge in [0.2, 0.25) is 0 Å². The van der Waals surface area contributed by atoms with Gasteiger partial charge in [-0.3, -0.25) is 28.8 Å². The van der Waals surface area contributed by atoms with Gasteiger partial charge in [-0.25, -0.2) is 0 Å². The van der Waals surface area contributed by atoms with Gasteiger partial charge in [-0.1, -0.05) is 11.6 Å². The average Bonchev–Trinajstić information content (AvgIpc) is 2.72. The standard InChI is InChI=1S/C26H20O8/c1-9-5-15-17(29)7-13(23(31)21(15)25(33)19(9)11(3)27)14-8-18(30)16-6-10(2)20(12(4)28)26(34)22(16)24(14)32/h5-8,19,25,33-34H,1-4H3. The van der Waals surface area contributed by atoms with Crippen LogP contribution in [0.25, 0.3) is 0 Å².